The van der Waals surface area contributed by atoms with Crippen LogP contribution in [0.1, 0.15) is 70.2 Å². The van der Waals surface area contributed by atoms with Gasteiger partial charge in [0.15, 0.2) is 0 Å². The van der Waals surface area contributed by atoms with Crippen LogP contribution in [0.25, 0.3) is 0 Å². The Balaban J connectivity index is 2.06. The lowest BCUT2D eigenvalue weighted by Crippen LogP contribution is -2.50. The van der Waals surface area contributed by atoms with Crippen molar-refractivity contribution in [2.75, 3.05) is 19.6 Å². The highest BCUT2D eigenvalue weighted by Gasteiger charge is 2.26. The Hall–Kier alpha value is -2.19. The molecule has 1 aliphatic rings. The minimum atomic E-state index is -3.67. The van der Waals surface area contributed by atoms with Gasteiger partial charge in [0.1, 0.15) is 6.04 Å². The zero-order chi connectivity index (χ0) is 23.7. The van der Waals surface area contributed by atoms with E-state index in [1.807, 2.05) is 13.8 Å². The van der Waals surface area contributed by atoms with E-state index in [2.05, 4.69) is 16.7 Å². The van der Waals surface area contributed by atoms with Crippen LogP contribution in [0.15, 0.2) is 40.8 Å². The number of sulfonamides is 1. The Labute approximate surface area is 192 Å². The van der Waals surface area contributed by atoms with Gasteiger partial charge in [0.25, 0.3) is 5.91 Å². The van der Waals surface area contributed by atoms with Gasteiger partial charge in [-0.2, -0.15) is 4.31 Å². The van der Waals surface area contributed by atoms with Crippen molar-refractivity contribution in [1.82, 2.24) is 14.9 Å². The maximum Gasteiger partial charge on any atom is 0.251 e. The lowest BCUT2D eigenvalue weighted by Gasteiger charge is -2.22. The molecule has 0 aromatic heterocycles. The number of nitrogens with zero attached hydrogens (tertiary/aromatic N) is 1. The summed E-state index contributed by atoms with van der Waals surface area (Å²) in [6.45, 7) is 8.53. The van der Waals surface area contributed by atoms with Crippen molar-refractivity contribution in [2.24, 2.45) is 5.92 Å². The zero-order valence-electron chi connectivity index (χ0n) is 19.7. The third kappa shape index (κ3) is 6.90. The first-order chi connectivity index (χ1) is 15.2. The molecule has 0 saturated carbocycles. The second kappa shape index (κ2) is 12.2. The minimum absolute atomic E-state index is 0.0696. The number of benzene rings is 1. The number of carbonyl (C=O) groups is 2. The van der Waals surface area contributed by atoms with E-state index in [1.165, 1.54) is 34.9 Å². The van der Waals surface area contributed by atoms with Gasteiger partial charge in [0.05, 0.1) is 4.90 Å². The summed E-state index contributed by atoms with van der Waals surface area (Å²) in [6.07, 6.45) is 7.72. The summed E-state index contributed by atoms with van der Waals surface area (Å²) >= 11 is 0. The van der Waals surface area contributed by atoms with Crippen molar-refractivity contribution in [1.29, 1.82) is 0 Å². The predicted molar refractivity (Wildman–Crippen MR) is 127 cm³/mol. The Kier molecular flexibility index (Phi) is 9.90. The molecule has 2 amide bonds. The van der Waals surface area contributed by atoms with Crippen LogP contribution in [0.4, 0.5) is 0 Å². The molecule has 0 aliphatic heterocycles. The van der Waals surface area contributed by atoms with Gasteiger partial charge in [-0.05, 0) is 56.2 Å². The molecular formula is C24H37N3O4S. The van der Waals surface area contributed by atoms with E-state index >= 15 is 0 Å². The molecule has 1 aromatic rings. The number of rotatable bonds is 11. The summed E-state index contributed by atoms with van der Waals surface area (Å²) in [7, 11) is -3.67. The van der Waals surface area contributed by atoms with Gasteiger partial charge in [-0.3, -0.25) is 9.59 Å². The highest BCUT2D eigenvalue weighted by Crippen LogP contribution is 2.20. The molecule has 1 atom stereocenters. The van der Waals surface area contributed by atoms with Gasteiger partial charge in [-0.1, -0.05) is 45.4 Å². The molecular weight excluding hydrogens is 426 g/mol. The van der Waals surface area contributed by atoms with Crippen LogP contribution in [0.3, 0.4) is 0 Å². The Morgan fingerprint density at radius 3 is 2.44 bits per heavy atom. The van der Waals surface area contributed by atoms with Gasteiger partial charge in [-0.15, -0.1) is 0 Å². The van der Waals surface area contributed by atoms with Crippen LogP contribution in [0.5, 0.6) is 0 Å². The fourth-order valence-corrected chi connectivity index (χ4v) is 5.36. The first kappa shape index (κ1) is 26.1. The van der Waals surface area contributed by atoms with E-state index in [0.717, 1.165) is 19.3 Å². The molecule has 1 aromatic carbocycles. The molecule has 0 radical (unpaired) electrons. The molecule has 0 saturated heterocycles. The van der Waals surface area contributed by atoms with E-state index in [1.54, 1.807) is 26.0 Å². The molecule has 2 N–H and O–H groups in total. The van der Waals surface area contributed by atoms with Crippen LogP contribution < -0.4 is 10.6 Å². The summed E-state index contributed by atoms with van der Waals surface area (Å²) < 4.78 is 26.9. The predicted octanol–water partition coefficient (Wildman–Crippen LogP) is 3.48. The van der Waals surface area contributed by atoms with Gasteiger partial charge < -0.3 is 10.6 Å². The number of nitrogens with one attached hydrogen (secondary N) is 2. The number of carbonyl (C=O) groups excluding carboxylic acids is 2. The number of hydrogen-bond donors (Lipinski definition) is 2. The highest BCUT2D eigenvalue weighted by atomic mass is 32.2. The van der Waals surface area contributed by atoms with Crippen LogP contribution in [0, 0.1) is 5.92 Å². The SMILES string of the molecule is CCN(CC)S(=O)(=O)c1cccc(C(=O)N[C@H](C(=O)NCCC2=CCCCC2)C(C)C)c1. The largest absolute Gasteiger partial charge is 0.354 e. The summed E-state index contributed by atoms with van der Waals surface area (Å²) in [5, 5.41) is 5.72. The van der Waals surface area contributed by atoms with Crippen LogP contribution in [-0.2, 0) is 14.8 Å². The molecule has 0 bridgehead atoms. The van der Waals surface area contributed by atoms with Gasteiger partial charge in [0, 0.05) is 25.2 Å². The lowest BCUT2D eigenvalue weighted by molar-refractivity contribution is -0.123. The van der Waals surface area contributed by atoms with Crippen LogP contribution >= 0.6 is 0 Å². The first-order valence-corrected chi connectivity index (χ1v) is 13.0. The molecule has 32 heavy (non-hydrogen) atoms. The molecule has 1 aliphatic carbocycles. The first-order valence-electron chi connectivity index (χ1n) is 11.6. The quantitative estimate of drug-likeness (QED) is 0.491. The topological polar surface area (TPSA) is 95.6 Å². The average Bonchev–Trinajstić information content (AvgIpc) is 2.78. The Morgan fingerprint density at radius 2 is 1.84 bits per heavy atom. The van der Waals surface area contributed by atoms with Crippen molar-refractivity contribution in [3.63, 3.8) is 0 Å². The molecule has 0 spiro atoms. The van der Waals surface area contributed by atoms with Gasteiger partial charge in [-0.25, -0.2) is 8.42 Å². The average molecular weight is 464 g/mol. The molecule has 0 unspecified atom stereocenters. The maximum absolute atomic E-state index is 12.9. The van der Waals surface area contributed by atoms with Crippen molar-refractivity contribution < 1.29 is 18.0 Å². The van der Waals surface area contributed by atoms with Crippen molar-refractivity contribution >= 4 is 21.8 Å². The molecule has 2 rings (SSSR count). The number of allylic oxidation sites excluding steroid dienone is 1. The monoisotopic (exact) mass is 463 g/mol. The molecule has 7 nitrogen and oxygen atoms in total. The van der Waals surface area contributed by atoms with E-state index in [0.29, 0.717) is 19.6 Å². The van der Waals surface area contributed by atoms with E-state index in [-0.39, 0.29) is 22.3 Å². The second-order valence-electron chi connectivity index (χ2n) is 8.46. The van der Waals surface area contributed by atoms with E-state index < -0.39 is 22.0 Å². The van der Waals surface area contributed by atoms with Crippen molar-refractivity contribution in [3.8, 4) is 0 Å². The third-order valence-electron chi connectivity index (χ3n) is 5.81. The normalized spacial score (nSPS) is 15.4. The second-order valence-corrected chi connectivity index (χ2v) is 10.4. The summed E-state index contributed by atoms with van der Waals surface area (Å²) in [6, 6.07) is 5.26. The minimum Gasteiger partial charge on any atom is -0.354 e. The van der Waals surface area contributed by atoms with Gasteiger partial charge in [0.2, 0.25) is 15.9 Å². The third-order valence-corrected chi connectivity index (χ3v) is 7.85. The molecule has 8 heteroatoms. The molecule has 0 fully saturated rings. The van der Waals surface area contributed by atoms with E-state index in [4.69, 9.17) is 0 Å². The fraction of sp³-hybridized carbons (Fsp3) is 0.583. The summed E-state index contributed by atoms with van der Waals surface area (Å²) in [5.74, 6) is -0.808. The molecule has 178 valence electrons. The zero-order valence-corrected chi connectivity index (χ0v) is 20.5. The van der Waals surface area contributed by atoms with E-state index in [9.17, 15) is 18.0 Å². The van der Waals surface area contributed by atoms with Crippen LogP contribution in [-0.4, -0.2) is 50.2 Å². The number of amides is 2. The standard InChI is InChI=1S/C24H37N3O4S/c1-5-27(6-2)32(30,31)21-14-10-13-20(17-21)23(28)26-22(18(3)4)24(29)25-16-15-19-11-8-7-9-12-19/h10-11,13-14,17-18,22H,5-9,12,15-16H2,1-4H3,(H,25,29)(H,26,28)/t22-/m0/s1. The van der Waals surface area contributed by atoms with Crippen molar-refractivity contribution in [3.05, 3.63) is 41.5 Å². The maximum atomic E-state index is 12.9. The fourth-order valence-electron chi connectivity index (χ4n) is 3.86. The van der Waals surface area contributed by atoms with Gasteiger partial charge >= 0.3 is 0 Å². The van der Waals surface area contributed by atoms with Crippen LogP contribution in [0.2, 0.25) is 0 Å². The number of hydrogen-bond acceptors (Lipinski definition) is 4. The highest BCUT2D eigenvalue weighted by molar-refractivity contribution is 7.89. The Morgan fingerprint density at radius 1 is 1.12 bits per heavy atom. The summed E-state index contributed by atoms with van der Waals surface area (Å²) in [4.78, 5) is 25.7. The molecule has 0 heterocycles. The van der Waals surface area contributed by atoms with Crippen molar-refractivity contribution in [2.45, 2.75) is 70.7 Å². The Bertz CT molecular complexity index is 921. The summed E-state index contributed by atoms with van der Waals surface area (Å²) in [5.41, 5.74) is 1.59. The smallest absolute Gasteiger partial charge is 0.251 e. The lowest BCUT2D eigenvalue weighted by atomic mass is 9.97.